The number of hydrogen-bond acceptors (Lipinski definition) is 10. The van der Waals surface area contributed by atoms with Gasteiger partial charge >= 0.3 is 23.9 Å². The molecule has 3 rings (SSSR count). The van der Waals surface area contributed by atoms with Crippen LogP contribution < -0.4 is 10.6 Å². The van der Waals surface area contributed by atoms with Gasteiger partial charge in [0.25, 0.3) is 0 Å². The van der Waals surface area contributed by atoms with E-state index in [0.717, 1.165) is 24.6 Å². The predicted octanol–water partition coefficient (Wildman–Crippen LogP) is 2.21. The maximum atomic E-state index is 12.0. The molecule has 37 heavy (non-hydrogen) atoms. The quantitative estimate of drug-likeness (QED) is 0.307. The van der Waals surface area contributed by atoms with Crippen molar-refractivity contribution in [1.29, 1.82) is 0 Å². The molecule has 198 valence electrons. The summed E-state index contributed by atoms with van der Waals surface area (Å²) in [5.41, 5.74) is 0.709. The minimum atomic E-state index is -1.29. The minimum Gasteiger partial charge on any atom is -0.463 e. The number of benzene rings is 2. The third kappa shape index (κ3) is 7.61. The predicted molar refractivity (Wildman–Crippen MR) is 135 cm³/mol. The summed E-state index contributed by atoms with van der Waals surface area (Å²) in [7, 11) is 0. The van der Waals surface area contributed by atoms with E-state index in [9.17, 15) is 19.2 Å². The van der Waals surface area contributed by atoms with Crippen molar-refractivity contribution in [2.45, 2.75) is 58.3 Å². The van der Waals surface area contributed by atoms with Gasteiger partial charge in [0.1, 0.15) is 12.7 Å². The molecule has 0 spiro atoms. The summed E-state index contributed by atoms with van der Waals surface area (Å²) in [5.74, 6) is -2.73. The lowest BCUT2D eigenvalue weighted by atomic mass is 9.97. The summed E-state index contributed by atoms with van der Waals surface area (Å²) in [4.78, 5) is 47.2. The van der Waals surface area contributed by atoms with Crippen molar-refractivity contribution < 1.29 is 42.9 Å². The highest BCUT2D eigenvalue weighted by Crippen LogP contribution is 2.29. The monoisotopic (exact) mass is 532 g/mol. The number of fused-ring (bicyclic) bond motifs is 1. The van der Waals surface area contributed by atoms with Crippen LogP contribution in [0, 0.1) is 0 Å². The summed E-state index contributed by atoms with van der Waals surface area (Å²) < 4.78 is 27.3. The first-order valence-electron chi connectivity index (χ1n) is 11.4. The van der Waals surface area contributed by atoms with Gasteiger partial charge in [-0.1, -0.05) is 36.4 Å². The number of hydrogen-bond donors (Lipinski definition) is 2. The van der Waals surface area contributed by atoms with Gasteiger partial charge in [0, 0.05) is 38.8 Å². The van der Waals surface area contributed by atoms with Gasteiger partial charge in [-0.25, -0.2) is 0 Å². The fourth-order valence-corrected chi connectivity index (χ4v) is 4.19. The number of thiocarbonyl (C=S) groups is 1. The lowest BCUT2D eigenvalue weighted by molar-refractivity contribution is -0.254. The molecule has 2 N–H and O–H groups in total. The number of rotatable bonds is 7. The Morgan fingerprint density at radius 3 is 2.05 bits per heavy atom. The first-order chi connectivity index (χ1) is 17.5. The van der Waals surface area contributed by atoms with Crippen molar-refractivity contribution in [2.75, 3.05) is 11.9 Å². The molecule has 1 heterocycles. The topological polar surface area (TPSA) is 138 Å². The smallest absolute Gasteiger partial charge is 0.303 e. The van der Waals surface area contributed by atoms with E-state index in [2.05, 4.69) is 10.6 Å². The molecule has 0 saturated carbocycles. The second-order valence-electron chi connectivity index (χ2n) is 8.25. The molecule has 5 unspecified atom stereocenters. The molecule has 2 aromatic rings. The molecule has 1 fully saturated rings. The number of nitrogens with one attached hydrogen (secondary N) is 2. The number of esters is 4. The Bertz CT molecular complexity index is 1180. The van der Waals surface area contributed by atoms with Gasteiger partial charge in [0.15, 0.2) is 29.7 Å². The molecule has 1 saturated heterocycles. The molecular formula is C25H28N2O9S. The highest BCUT2D eigenvalue weighted by Gasteiger charge is 2.52. The van der Waals surface area contributed by atoms with Crippen molar-refractivity contribution in [3.05, 3.63) is 42.5 Å². The largest absolute Gasteiger partial charge is 0.463 e. The molecule has 12 heteroatoms. The molecule has 2 aromatic carbocycles. The van der Waals surface area contributed by atoms with Crippen LogP contribution in [-0.2, 0) is 42.9 Å². The standard InChI is InChI=1S/C25H28N2O9S/c1-13(28)32-12-20-21(33-14(2)29)22(34-15(3)30)23(35-16(4)31)24(36-20)27-25(37)26-19-11-7-9-17-8-5-6-10-18(17)19/h5-11,20-24H,12H2,1-4H3,(H2,26,27,37). The Labute approximate surface area is 218 Å². The van der Waals surface area contributed by atoms with Crippen LogP contribution in [0.25, 0.3) is 10.8 Å². The van der Waals surface area contributed by atoms with Gasteiger partial charge in [-0.3, -0.25) is 19.2 Å². The molecule has 0 aliphatic carbocycles. The number of ether oxygens (including phenoxy) is 5. The van der Waals surface area contributed by atoms with Crippen LogP contribution in [-0.4, -0.2) is 66.2 Å². The van der Waals surface area contributed by atoms with E-state index in [1.165, 1.54) is 13.8 Å². The van der Waals surface area contributed by atoms with Gasteiger partial charge in [-0.05, 0) is 23.7 Å². The first-order valence-corrected chi connectivity index (χ1v) is 11.8. The normalized spacial score (nSPS) is 22.9. The number of anilines is 1. The zero-order chi connectivity index (χ0) is 27.1. The third-order valence-electron chi connectivity index (χ3n) is 5.30. The van der Waals surface area contributed by atoms with Crippen molar-refractivity contribution in [1.82, 2.24) is 5.32 Å². The second-order valence-corrected chi connectivity index (χ2v) is 8.65. The summed E-state index contributed by atoms with van der Waals surface area (Å²) in [6.45, 7) is 4.34. The van der Waals surface area contributed by atoms with Crippen molar-refractivity contribution in [3.63, 3.8) is 0 Å². The zero-order valence-electron chi connectivity index (χ0n) is 20.7. The average molecular weight is 533 g/mol. The van der Waals surface area contributed by atoms with Crippen LogP contribution in [0.5, 0.6) is 0 Å². The molecule has 0 aromatic heterocycles. The van der Waals surface area contributed by atoms with Gasteiger partial charge in [0.2, 0.25) is 0 Å². The molecular weight excluding hydrogens is 504 g/mol. The highest BCUT2D eigenvalue weighted by atomic mass is 32.1. The molecule has 0 radical (unpaired) electrons. The summed E-state index contributed by atoms with van der Waals surface area (Å²) in [6, 6.07) is 13.3. The first kappa shape index (κ1) is 27.8. The van der Waals surface area contributed by atoms with Crippen LogP contribution >= 0.6 is 12.2 Å². The van der Waals surface area contributed by atoms with Crippen molar-refractivity contribution in [3.8, 4) is 0 Å². The van der Waals surface area contributed by atoms with Crippen LogP contribution in [0.4, 0.5) is 5.69 Å². The summed E-state index contributed by atoms with van der Waals surface area (Å²) in [6.07, 6.45) is -6.07. The Morgan fingerprint density at radius 2 is 1.41 bits per heavy atom. The Morgan fingerprint density at radius 1 is 0.811 bits per heavy atom. The van der Waals surface area contributed by atoms with Gasteiger partial charge in [-0.2, -0.15) is 0 Å². The Balaban J connectivity index is 1.91. The molecule has 1 aliphatic rings. The van der Waals surface area contributed by atoms with Crippen LogP contribution in [0.2, 0.25) is 0 Å². The van der Waals surface area contributed by atoms with Crippen LogP contribution in [0.1, 0.15) is 27.7 Å². The third-order valence-corrected chi connectivity index (χ3v) is 5.52. The van der Waals surface area contributed by atoms with Crippen molar-refractivity contribution in [2.24, 2.45) is 0 Å². The summed E-state index contributed by atoms with van der Waals surface area (Å²) >= 11 is 5.50. The van der Waals surface area contributed by atoms with E-state index < -0.39 is 54.5 Å². The molecule has 11 nitrogen and oxygen atoms in total. The number of carbonyl (C=O) groups excluding carboxylic acids is 4. The van der Waals surface area contributed by atoms with Gasteiger partial charge in [0.05, 0.1) is 0 Å². The van der Waals surface area contributed by atoms with E-state index in [1.54, 1.807) is 0 Å². The fraction of sp³-hybridized carbons (Fsp3) is 0.400. The van der Waals surface area contributed by atoms with E-state index in [4.69, 9.17) is 35.9 Å². The summed E-state index contributed by atoms with van der Waals surface area (Å²) in [5, 5.41) is 8.03. The maximum Gasteiger partial charge on any atom is 0.303 e. The molecule has 1 aliphatic heterocycles. The van der Waals surface area contributed by atoms with E-state index in [1.807, 2.05) is 42.5 Å². The van der Waals surface area contributed by atoms with E-state index >= 15 is 0 Å². The molecule has 0 amide bonds. The highest BCUT2D eigenvalue weighted by molar-refractivity contribution is 7.80. The Hall–Kier alpha value is -3.77. The fourth-order valence-electron chi connectivity index (χ4n) is 3.97. The molecule has 0 bridgehead atoms. The SMILES string of the molecule is CC(=O)OCC1OC(NC(=S)Nc2cccc3ccccc23)C(OC(C)=O)C(OC(C)=O)C1OC(C)=O. The average Bonchev–Trinajstić information content (AvgIpc) is 2.81. The van der Waals surface area contributed by atoms with Gasteiger partial charge in [-0.15, -0.1) is 0 Å². The molecule has 5 atom stereocenters. The van der Waals surface area contributed by atoms with Gasteiger partial charge < -0.3 is 34.3 Å². The minimum absolute atomic E-state index is 0.109. The lowest BCUT2D eigenvalue weighted by Gasteiger charge is -2.44. The Kier molecular flexibility index (Phi) is 9.36. The maximum absolute atomic E-state index is 12.0. The van der Waals surface area contributed by atoms with E-state index in [-0.39, 0.29) is 11.7 Å². The van der Waals surface area contributed by atoms with E-state index in [0.29, 0.717) is 5.69 Å². The second kappa shape index (κ2) is 12.5. The van der Waals surface area contributed by atoms with Crippen molar-refractivity contribution >= 4 is 57.7 Å². The van der Waals surface area contributed by atoms with Crippen LogP contribution in [0.3, 0.4) is 0 Å². The number of carbonyl (C=O) groups is 4. The van der Waals surface area contributed by atoms with Crippen LogP contribution in [0.15, 0.2) is 42.5 Å². The lowest BCUT2D eigenvalue weighted by Crippen LogP contribution is -2.66. The zero-order valence-corrected chi connectivity index (χ0v) is 21.5.